The van der Waals surface area contributed by atoms with Crippen LogP contribution in [0, 0.1) is 11.3 Å². The molecule has 1 aliphatic rings. The Balaban J connectivity index is 2.13. The standard InChI is InChI=1S/C16H23BrO/c1-12-10-15(2,3)7-8-16(12,18)11-13-5-4-6-14(17)9-13/h4-6,9,12,18H,7-8,10-11H2,1-3H3. The molecule has 2 rings (SSSR count). The first-order valence-corrected chi connectivity index (χ1v) is 7.57. The molecule has 0 aromatic heterocycles. The van der Waals surface area contributed by atoms with E-state index >= 15 is 0 Å². The van der Waals surface area contributed by atoms with Gasteiger partial charge in [0.25, 0.3) is 0 Å². The number of hydrogen-bond acceptors (Lipinski definition) is 1. The van der Waals surface area contributed by atoms with Gasteiger partial charge in [-0.3, -0.25) is 0 Å². The lowest BCUT2D eigenvalue weighted by Gasteiger charge is -2.45. The monoisotopic (exact) mass is 310 g/mol. The van der Waals surface area contributed by atoms with Crippen LogP contribution in [-0.4, -0.2) is 10.7 Å². The minimum absolute atomic E-state index is 0.361. The Bertz CT molecular complexity index is 427. The Morgan fingerprint density at radius 1 is 1.33 bits per heavy atom. The lowest BCUT2D eigenvalue weighted by molar-refractivity contribution is -0.0704. The van der Waals surface area contributed by atoms with E-state index in [9.17, 15) is 5.11 Å². The average molecular weight is 311 g/mol. The highest BCUT2D eigenvalue weighted by Gasteiger charge is 2.42. The van der Waals surface area contributed by atoms with Crippen molar-refractivity contribution in [2.24, 2.45) is 11.3 Å². The third-order valence-corrected chi connectivity index (χ3v) is 4.90. The van der Waals surface area contributed by atoms with Gasteiger partial charge in [-0.2, -0.15) is 0 Å². The Kier molecular flexibility index (Phi) is 3.89. The normalized spacial score (nSPS) is 31.3. The molecular weight excluding hydrogens is 288 g/mol. The zero-order valence-corrected chi connectivity index (χ0v) is 13.1. The zero-order chi connectivity index (χ0) is 13.4. The molecule has 0 heterocycles. The van der Waals surface area contributed by atoms with Crippen LogP contribution in [0.15, 0.2) is 28.7 Å². The van der Waals surface area contributed by atoms with Gasteiger partial charge in [-0.25, -0.2) is 0 Å². The molecule has 1 aromatic carbocycles. The maximum Gasteiger partial charge on any atom is 0.0713 e. The summed E-state index contributed by atoms with van der Waals surface area (Å²) in [6, 6.07) is 8.29. The van der Waals surface area contributed by atoms with Crippen molar-refractivity contribution in [1.82, 2.24) is 0 Å². The molecule has 1 N–H and O–H groups in total. The van der Waals surface area contributed by atoms with Gasteiger partial charge in [-0.1, -0.05) is 48.8 Å². The van der Waals surface area contributed by atoms with Crippen LogP contribution in [0.25, 0.3) is 0 Å². The quantitative estimate of drug-likeness (QED) is 0.848. The van der Waals surface area contributed by atoms with E-state index in [1.165, 1.54) is 5.56 Å². The second-order valence-electron chi connectivity index (χ2n) is 6.68. The molecule has 0 amide bonds. The fraction of sp³-hybridized carbons (Fsp3) is 0.625. The number of aliphatic hydroxyl groups is 1. The van der Waals surface area contributed by atoms with Crippen LogP contribution >= 0.6 is 15.9 Å². The predicted molar refractivity (Wildman–Crippen MR) is 79.6 cm³/mol. The first-order valence-electron chi connectivity index (χ1n) is 6.78. The first-order chi connectivity index (χ1) is 8.31. The summed E-state index contributed by atoms with van der Waals surface area (Å²) in [6.45, 7) is 6.81. The smallest absolute Gasteiger partial charge is 0.0713 e. The predicted octanol–water partition coefficient (Wildman–Crippen LogP) is 4.57. The van der Waals surface area contributed by atoms with Crippen molar-refractivity contribution in [2.45, 2.75) is 52.1 Å². The molecule has 100 valence electrons. The molecule has 2 atom stereocenters. The summed E-state index contributed by atoms with van der Waals surface area (Å²) >= 11 is 3.50. The van der Waals surface area contributed by atoms with E-state index in [1.807, 2.05) is 12.1 Å². The molecule has 0 saturated heterocycles. The molecule has 2 heteroatoms. The van der Waals surface area contributed by atoms with E-state index in [0.29, 0.717) is 11.3 Å². The zero-order valence-electron chi connectivity index (χ0n) is 11.5. The number of halogens is 1. The summed E-state index contributed by atoms with van der Waals surface area (Å²) in [7, 11) is 0. The van der Waals surface area contributed by atoms with Crippen LogP contribution in [-0.2, 0) is 6.42 Å². The summed E-state index contributed by atoms with van der Waals surface area (Å²) in [5, 5.41) is 10.9. The molecular formula is C16H23BrO. The fourth-order valence-electron chi connectivity index (χ4n) is 3.19. The van der Waals surface area contributed by atoms with Gasteiger partial charge in [-0.05, 0) is 48.3 Å². The minimum Gasteiger partial charge on any atom is -0.389 e. The van der Waals surface area contributed by atoms with Gasteiger partial charge in [0.15, 0.2) is 0 Å². The highest BCUT2D eigenvalue weighted by Crippen LogP contribution is 2.45. The third kappa shape index (κ3) is 3.16. The van der Waals surface area contributed by atoms with Crippen LogP contribution < -0.4 is 0 Å². The Morgan fingerprint density at radius 2 is 2.06 bits per heavy atom. The van der Waals surface area contributed by atoms with Crippen molar-refractivity contribution in [3.63, 3.8) is 0 Å². The highest BCUT2D eigenvalue weighted by atomic mass is 79.9. The molecule has 0 aliphatic heterocycles. The maximum atomic E-state index is 10.9. The van der Waals surface area contributed by atoms with Crippen molar-refractivity contribution < 1.29 is 5.11 Å². The molecule has 1 nitrogen and oxygen atoms in total. The van der Waals surface area contributed by atoms with Crippen LogP contribution in [0.5, 0.6) is 0 Å². The van der Waals surface area contributed by atoms with Gasteiger partial charge < -0.3 is 5.11 Å². The summed E-state index contributed by atoms with van der Waals surface area (Å²) in [5.41, 5.74) is 1.07. The van der Waals surface area contributed by atoms with Gasteiger partial charge in [0.05, 0.1) is 5.60 Å². The second kappa shape index (κ2) is 4.97. The molecule has 0 bridgehead atoms. The summed E-state index contributed by atoms with van der Waals surface area (Å²) in [5.74, 6) is 0.361. The largest absolute Gasteiger partial charge is 0.389 e. The second-order valence-corrected chi connectivity index (χ2v) is 7.60. The van der Waals surface area contributed by atoms with Crippen molar-refractivity contribution >= 4 is 15.9 Å². The average Bonchev–Trinajstić information content (AvgIpc) is 2.24. The first kappa shape index (κ1) is 14.1. The number of rotatable bonds is 2. The lowest BCUT2D eigenvalue weighted by Crippen LogP contribution is -2.45. The highest BCUT2D eigenvalue weighted by molar-refractivity contribution is 9.10. The maximum absolute atomic E-state index is 10.9. The SMILES string of the molecule is CC1CC(C)(C)CCC1(O)Cc1cccc(Br)c1. The van der Waals surface area contributed by atoms with E-state index in [1.54, 1.807) is 0 Å². The Labute approximate surface area is 119 Å². The van der Waals surface area contributed by atoms with E-state index in [0.717, 1.165) is 30.2 Å². The van der Waals surface area contributed by atoms with Crippen LogP contribution in [0.1, 0.15) is 45.6 Å². The summed E-state index contributed by atoms with van der Waals surface area (Å²) in [6.07, 6.45) is 3.90. The molecule has 0 spiro atoms. The van der Waals surface area contributed by atoms with Crippen molar-refractivity contribution in [3.05, 3.63) is 34.3 Å². The lowest BCUT2D eigenvalue weighted by atomic mass is 9.64. The van der Waals surface area contributed by atoms with Crippen LogP contribution in [0.3, 0.4) is 0 Å². The molecule has 1 fully saturated rings. The van der Waals surface area contributed by atoms with Gasteiger partial charge in [0.1, 0.15) is 0 Å². The molecule has 0 radical (unpaired) electrons. The fourth-order valence-corrected chi connectivity index (χ4v) is 3.63. The van der Waals surface area contributed by atoms with E-state index in [2.05, 4.69) is 48.8 Å². The topological polar surface area (TPSA) is 20.2 Å². The van der Waals surface area contributed by atoms with Crippen LogP contribution in [0.4, 0.5) is 0 Å². The molecule has 1 aliphatic carbocycles. The van der Waals surface area contributed by atoms with Gasteiger partial charge in [0, 0.05) is 10.9 Å². The summed E-state index contributed by atoms with van der Waals surface area (Å²) < 4.78 is 1.09. The van der Waals surface area contributed by atoms with Crippen molar-refractivity contribution in [1.29, 1.82) is 0 Å². The van der Waals surface area contributed by atoms with Crippen molar-refractivity contribution in [2.75, 3.05) is 0 Å². The summed E-state index contributed by atoms with van der Waals surface area (Å²) in [4.78, 5) is 0. The number of benzene rings is 1. The van der Waals surface area contributed by atoms with Crippen molar-refractivity contribution in [3.8, 4) is 0 Å². The van der Waals surface area contributed by atoms with Gasteiger partial charge in [-0.15, -0.1) is 0 Å². The minimum atomic E-state index is -0.531. The molecule has 18 heavy (non-hydrogen) atoms. The van der Waals surface area contributed by atoms with E-state index < -0.39 is 5.60 Å². The van der Waals surface area contributed by atoms with Gasteiger partial charge in [0.2, 0.25) is 0 Å². The number of hydrogen-bond donors (Lipinski definition) is 1. The Morgan fingerprint density at radius 3 is 2.67 bits per heavy atom. The molecule has 1 saturated carbocycles. The van der Waals surface area contributed by atoms with Gasteiger partial charge >= 0.3 is 0 Å². The molecule has 1 aromatic rings. The Hall–Kier alpha value is -0.340. The molecule has 2 unspecified atom stereocenters. The van der Waals surface area contributed by atoms with E-state index in [-0.39, 0.29) is 0 Å². The van der Waals surface area contributed by atoms with Crippen LogP contribution in [0.2, 0.25) is 0 Å². The van der Waals surface area contributed by atoms with E-state index in [4.69, 9.17) is 0 Å². The third-order valence-electron chi connectivity index (χ3n) is 4.41.